The zero-order chi connectivity index (χ0) is 28.7. The average Bonchev–Trinajstić information content (AvgIpc) is 3.28. The molecule has 3 rings (SSSR count). The number of imidazole rings is 1. The summed E-state index contributed by atoms with van der Waals surface area (Å²) in [6.07, 6.45) is 2.71. The van der Waals surface area contributed by atoms with E-state index < -0.39 is 23.6 Å². The highest BCUT2D eigenvalue weighted by Gasteiger charge is 2.22. The minimum absolute atomic E-state index is 0.0404. The maximum atomic E-state index is 13.2. The highest BCUT2D eigenvalue weighted by molar-refractivity contribution is 6.29. The fourth-order valence-electron chi connectivity index (χ4n) is 4.00. The van der Waals surface area contributed by atoms with Crippen molar-refractivity contribution in [1.82, 2.24) is 24.8 Å². The normalized spacial score (nSPS) is 12.2. The number of nitrogens with one attached hydrogen (secondary N) is 3. The fourth-order valence-corrected chi connectivity index (χ4v) is 4.20. The molecule has 3 amide bonds. The molecule has 0 aliphatic carbocycles. The monoisotopic (exact) mass is 556 g/mol. The van der Waals surface area contributed by atoms with Crippen molar-refractivity contribution in [1.29, 1.82) is 0 Å². The topological polar surface area (TPSA) is 149 Å². The van der Waals surface area contributed by atoms with E-state index in [2.05, 4.69) is 34.4 Å². The van der Waals surface area contributed by atoms with Crippen molar-refractivity contribution in [2.45, 2.75) is 45.7 Å². The zero-order valence-electron chi connectivity index (χ0n) is 22.3. The SMILES string of the molecule is CC(C)Cc1cccc2[nH]c(Cn3c(Cl)ccc(NC(=O)[C@H](CC/C=C/C(=O)N(C)C)NC(=O)O)c3=O)nc12. The Kier molecular flexibility index (Phi) is 9.89. The van der Waals surface area contributed by atoms with Gasteiger partial charge in [0, 0.05) is 14.1 Å². The predicted octanol–water partition coefficient (Wildman–Crippen LogP) is 3.62. The number of aromatic amines is 1. The molecule has 0 saturated carbocycles. The summed E-state index contributed by atoms with van der Waals surface area (Å²) in [5.41, 5.74) is 2.16. The van der Waals surface area contributed by atoms with Crippen LogP contribution in [0.25, 0.3) is 11.0 Å². The van der Waals surface area contributed by atoms with Crippen LogP contribution in [0.2, 0.25) is 5.15 Å². The van der Waals surface area contributed by atoms with Gasteiger partial charge in [0.15, 0.2) is 0 Å². The van der Waals surface area contributed by atoms with Crippen LogP contribution in [0, 0.1) is 5.92 Å². The number of halogens is 1. The smallest absolute Gasteiger partial charge is 0.405 e. The molecule has 4 N–H and O–H groups in total. The van der Waals surface area contributed by atoms with Gasteiger partial charge in [0.1, 0.15) is 22.7 Å². The summed E-state index contributed by atoms with van der Waals surface area (Å²) in [6, 6.07) is 7.58. The summed E-state index contributed by atoms with van der Waals surface area (Å²) in [6.45, 7) is 4.30. The van der Waals surface area contributed by atoms with E-state index in [9.17, 15) is 24.3 Å². The highest BCUT2D eigenvalue weighted by Crippen LogP contribution is 2.21. The molecule has 11 nitrogen and oxygen atoms in total. The number of anilines is 1. The van der Waals surface area contributed by atoms with Crippen molar-refractivity contribution >= 4 is 46.2 Å². The van der Waals surface area contributed by atoms with Crippen LogP contribution in [0.4, 0.5) is 10.5 Å². The number of carbonyl (C=O) groups is 3. The van der Waals surface area contributed by atoms with Crippen LogP contribution in [0.15, 0.2) is 47.3 Å². The number of aromatic nitrogens is 3. The Labute approximate surface area is 230 Å². The van der Waals surface area contributed by atoms with Crippen LogP contribution in [0.5, 0.6) is 0 Å². The summed E-state index contributed by atoms with van der Waals surface area (Å²) >= 11 is 6.33. The Morgan fingerprint density at radius 3 is 2.62 bits per heavy atom. The number of benzene rings is 1. The van der Waals surface area contributed by atoms with Gasteiger partial charge in [0.2, 0.25) is 11.8 Å². The number of carboxylic acid groups (broad SMARTS) is 1. The second-order valence-corrected chi connectivity index (χ2v) is 10.1. The number of hydrogen-bond donors (Lipinski definition) is 4. The first-order valence-electron chi connectivity index (χ1n) is 12.5. The van der Waals surface area contributed by atoms with Crippen LogP contribution in [-0.4, -0.2) is 62.6 Å². The Morgan fingerprint density at radius 1 is 1.21 bits per heavy atom. The first kappa shape index (κ1) is 29.4. The maximum Gasteiger partial charge on any atom is 0.405 e. The molecule has 3 aromatic rings. The lowest BCUT2D eigenvalue weighted by Crippen LogP contribution is -2.44. The first-order chi connectivity index (χ1) is 18.5. The van der Waals surface area contributed by atoms with Gasteiger partial charge in [0.05, 0.1) is 17.6 Å². The molecule has 12 heteroatoms. The van der Waals surface area contributed by atoms with Crippen molar-refractivity contribution in [2.24, 2.45) is 5.92 Å². The minimum Gasteiger partial charge on any atom is -0.465 e. The summed E-state index contributed by atoms with van der Waals surface area (Å²) in [4.78, 5) is 58.4. The zero-order valence-corrected chi connectivity index (χ0v) is 23.1. The van der Waals surface area contributed by atoms with E-state index in [-0.39, 0.29) is 36.1 Å². The largest absolute Gasteiger partial charge is 0.465 e. The molecule has 39 heavy (non-hydrogen) atoms. The summed E-state index contributed by atoms with van der Waals surface area (Å²) in [5, 5.41) is 14.0. The molecule has 1 aromatic carbocycles. The van der Waals surface area contributed by atoms with Crippen molar-refractivity contribution in [2.75, 3.05) is 19.4 Å². The van der Waals surface area contributed by atoms with E-state index in [0.29, 0.717) is 11.7 Å². The van der Waals surface area contributed by atoms with E-state index in [1.54, 1.807) is 20.2 Å². The van der Waals surface area contributed by atoms with E-state index in [1.807, 2.05) is 18.2 Å². The number of likely N-dealkylation sites (N-methyl/N-ethyl adjacent to an activating group) is 1. The highest BCUT2D eigenvalue weighted by atomic mass is 35.5. The molecular formula is C27H33ClN6O5. The number of allylic oxidation sites excluding steroid dienone is 1. The molecule has 0 bridgehead atoms. The third kappa shape index (κ3) is 7.93. The van der Waals surface area contributed by atoms with Crippen molar-refractivity contribution in [3.63, 3.8) is 0 Å². The van der Waals surface area contributed by atoms with Crippen LogP contribution >= 0.6 is 11.6 Å². The predicted molar refractivity (Wildman–Crippen MR) is 150 cm³/mol. The molecule has 1 atom stereocenters. The number of pyridine rings is 1. The molecule has 2 aromatic heterocycles. The lowest BCUT2D eigenvalue weighted by atomic mass is 10.0. The molecule has 0 fully saturated rings. The minimum atomic E-state index is -1.39. The molecule has 2 heterocycles. The number of H-pyrrole nitrogens is 1. The Morgan fingerprint density at radius 2 is 1.95 bits per heavy atom. The molecular weight excluding hydrogens is 524 g/mol. The molecule has 208 valence electrons. The van der Waals surface area contributed by atoms with Crippen LogP contribution in [-0.2, 0) is 22.6 Å². The lowest BCUT2D eigenvalue weighted by molar-refractivity contribution is -0.123. The molecule has 0 radical (unpaired) electrons. The fraction of sp³-hybridized carbons (Fsp3) is 0.370. The summed E-state index contributed by atoms with van der Waals surface area (Å²) in [5.74, 6) is 0.0320. The van der Waals surface area contributed by atoms with Crippen molar-refractivity contribution < 1.29 is 19.5 Å². The third-order valence-corrected chi connectivity index (χ3v) is 6.23. The van der Waals surface area contributed by atoms with E-state index >= 15 is 0 Å². The molecule has 0 saturated heterocycles. The Balaban J connectivity index is 1.79. The number of para-hydroxylation sites is 1. The number of hydrogen-bond acceptors (Lipinski definition) is 5. The summed E-state index contributed by atoms with van der Waals surface area (Å²) in [7, 11) is 3.21. The van der Waals surface area contributed by atoms with Crippen LogP contribution < -0.4 is 16.2 Å². The van der Waals surface area contributed by atoms with Gasteiger partial charge in [-0.15, -0.1) is 0 Å². The quantitative estimate of drug-likeness (QED) is 0.209. The molecule has 0 aliphatic rings. The number of nitrogens with zero attached hydrogens (tertiary/aromatic N) is 3. The number of amides is 3. The van der Waals surface area contributed by atoms with Gasteiger partial charge in [0.25, 0.3) is 5.56 Å². The maximum absolute atomic E-state index is 13.2. The van der Waals surface area contributed by atoms with E-state index in [1.165, 1.54) is 27.7 Å². The van der Waals surface area contributed by atoms with Crippen molar-refractivity contribution in [3.05, 3.63) is 69.4 Å². The van der Waals surface area contributed by atoms with Gasteiger partial charge in [-0.3, -0.25) is 19.0 Å². The Hall–Kier alpha value is -4.12. The molecule has 0 aliphatic heterocycles. The van der Waals surface area contributed by atoms with Gasteiger partial charge in [-0.25, -0.2) is 9.78 Å². The average molecular weight is 557 g/mol. The van der Waals surface area contributed by atoms with Crippen LogP contribution in [0.3, 0.4) is 0 Å². The first-order valence-corrected chi connectivity index (χ1v) is 12.9. The standard InChI is InChI=1S/C27H33ClN6O5/c1-16(2)14-17-8-7-10-18-24(17)32-22(29-18)15-34-21(28)13-12-20(26(34)37)30-25(36)19(31-27(38)39)9-5-6-11-23(35)33(3)4/h6-8,10-13,16,19,31H,5,9,14-15H2,1-4H3,(H,29,32)(H,30,36)(H,38,39)/b11-6+/t19-/m0/s1. The lowest BCUT2D eigenvalue weighted by Gasteiger charge is -2.17. The van der Waals surface area contributed by atoms with Crippen LogP contribution in [0.1, 0.15) is 38.1 Å². The van der Waals surface area contributed by atoms with Gasteiger partial charge < -0.3 is 25.6 Å². The third-order valence-electron chi connectivity index (χ3n) is 5.90. The van der Waals surface area contributed by atoms with Gasteiger partial charge >= 0.3 is 6.09 Å². The molecule has 0 spiro atoms. The van der Waals surface area contributed by atoms with E-state index in [4.69, 9.17) is 11.6 Å². The second kappa shape index (κ2) is 13.1. The van der Waals surface area contributed by atoms with E-state index in [0.717, 1.165) is 23.0 Å². The Bertz CT molecular complexity index is 1440. The number of carbonyl (C=O) groups excluding carboxylic acids is 2. The van der Waals surface area contributed by atoms with Gasteiger partial charge in [-0.2, -0.15) is 0 Å². The number of rotatable bonds is 11. The number of fused-ring (bicyclic) bond motifs is 1. The van der Waals surface area contributed by atoms with Crippen molar-refractivity contribution in [3.8, 4) is 0 Å². The van der Waals surface area contributed by atoms with Gasteiger partial charge in [-0.1, -0.05) is 43.7 Å². The van der Waals surface area contributed by atoms with Gasteiger partial charge in [-0.05, 0) is 55.0 Å². The molecule has 0 unspecified atom stereocenters. The second-order valence-electron chi connectivity index (χ2n) is 9.76. The summed E-state index contributed by atoms with van der Waals surface area (Å²) < 4.78 is 1.27.